The Balaban J connectivity index is 2.07. The molecule has 1 aromatic carbocycles. The lowest BCUT2D eigenvalue weighted by atomic mass is 10.1. The second-order valence-electron chi connectivity index (χ2n) is 7.51. The molecule has 0 saturated carbocycles. The topological polar surface area (TPSA) is 42.0 Å². The fraction of sp³-hybridized carbons (Fsp3) is 0.632. The molecule has 2 rings (SSSR count). The molecule has 0 aromatic heterocycles. The summed E-state index contributed by atoms with van der Waals surface area (Å²) in [7, 11) is 1.67. The number of amides is 1. The Labute approximate surface area is 145 Å². The molecule has 1 amide bonds. The summed E-state index contributed by atoms with van der Waals surface area (Å²) in [5.74, 6) is 0. The second kappa shape index (κ2) is 7.99. The number of methoxy groups -OCH3 is 1. The molecule has 1 heterocycles. The maximum atomic E-state index is 12.5. The summed E-state index contributed by atoms with van der Waals surface area (Å²) in [4.78, 5) is 16.8. The smallest absolute Gasteiger partial charge is 0.410 e. The minimum Gasteiger partial charge on any atom is -0.444 e. The predicted octanol–water partition coefficient (Wildman–Crippen LogP) is 3.14. The summed E-state index contributed by atoms with van der Waals surface area (Å²) in [5, 5.41) is 0. The SMILES string of the molecule is COC[C@@H]1CN(Cc2ccccc2)[C@@H](C)CN1C(=O)OC(C)(C)C. The van der Waals surface area contributed by atoms with Crippen LogP contribution >= 0.6 is 0 Å². The summed E-state index contributed by atoms with van der Waals surface area (Å²) in [5.41, 5.74) is 0.797. The van der Waals surface area contributed by atoms with Crippen LogP contribution in [0.25, 0.3) is 0 Å². The molecule has 0 spiro atoms. The van der Waals surface area contributed by atoms with Crippen LogP contribution in [0.2, 0.25) is 0 Å². The van der Waals surface area contributed by atoms with Gasteiger partial charge in [-0.3, -0.25) is 4.90 Å². The van der Waals surface area contributed by atoms with Crippen molar-refractivity contribution in [3.63, 3.8) is 0 Å². The number of benzene rings is 1. The van der Waals surface area contributed by atoms with Crippen molar-refractivity contribution in [2.24, 2.45) is 0 Å². The van der Waals surface area contributed by atoms with Crippen LogP contribution in [-0.2, 0) is 16.0 Å². The van der Waals surface area contributed by atoms with Crippen LogP contribution < -0.4 is 0 Å². The Morgan fingerprint density at radius 3 is 2.46 bits per heavy atom. The van der Waals surface area contributed by atoms with E-state index in [0.717, 1.165) is 13.1 Å². The van der Waals surface area contributed by atoms with Gasteiger partial charge in [0, 0.05) is 32.8 Å². The third-order valence-corrected chi connectivity index (χ3v) is 4.19. The summed E-state index contributed by atoms with van der Waals surface area (Å²) in [6.07, 6.45) is -0.254. The van der Waals surface area contributed by atoms with Crippen LogP contribution in [0, 0.1) is 0 Å². The molecule has 0 unspecified atom stereocenters. The minimum absolute atomic E-state index is 0.00441. The van der Waals surface area contributed by atoms with Crippen LogP contribution in [0.15, 0.2) is 30.3 Å². The largest absolute Gasteiger partial charge is 0.444 e. The first-order valence-corrected chi connectivity index (χ1v) is 8.56. The fourth-order valence-corrected chi connectivity index (χ4v) is 3.02. The molecule has 1 aliphatic heterocycles. The van der Waals surface area contributed by atoms with Gasteiger partial charge in [0.05, 0.1) is 12.6 Å². The van der Waals surface area contributed by atoms with E-state index < -0.39 is 5.60 Å². The summed E-state index contributed by atoms with van der Waals surface area (Å²) >= 11 is 0. The molecule has 0 aliphatic carbocycles. The lowest BCUT2D eigenvalue weighted by molar-refractivity contribution is -0.0309. The van der Waals surface area contributed by atoms with Gasteiger partial charge in [0.25, 0.3) is 0 Å². The zero-order valence-electron chi connectivity index (χ0n) is 15.5. The number of carbonyl (C=O) groups excluding carboxylic acids is 1. The molecule has 0 radical (unpaired) electrons. The number of nitrogens with zero attached hydrogens (tertiary/aromatic N) is 2. The lowest BCUT2D eigenvalue weighted by Crippen LogP contribution is -2.60. The first kappa shape index (κ1) is 18.7. The lowest BCUT2D eigenvalue weighted by Gasteiger charge is -2.45. The van der Waals surface area contributed by atoms with Crippen LogP contribution in [0.1, 0.15) is 33.3 Å². The second-order valence-corrected chi connectivity index (χ2v) is 7.51. The normalized spacial score (nSPS) is 22.5. The van der Waals surface area contributed by atoms with Crippen molar-refractivity contribution in [3.8, 4) is 0 Å². The van der Waals surface area contributed by atoms with Crippen LogP contribution in [0.5, 0.6) is 0 Å². The van der Waals surface area contributed by atoms with Crippen molar-refractivity contribution in [1.82, 2.24) is 9.80 Å². The van der Waals surface area contributed by atoms with Gasteiger partial charge in [0.15, 0.2) is 0 Å². The van der Waals surface area contributed by atoms with Crippen molar-refractivity contribution in [1.29, 1.82) is 0 Å². The van der Waals surface area contributed by atoms with Gasteiger partial charge < -0.3 is 14.4 Å². The van der Waals surface area contributed by atoms with Gasteiger partial charge in [-0.2, -0.15) is 0 Å². The quantitative estimate of drug-likeness (QED) is 0.848. The van der Waals surface area contributed by atoms with Gasteiger partial charge in [0.2, 0.25) is 0 Å². The van der Waals surface area contributed by atoms with E-state index >= 15 is 0 Å². The van der Waals surface area contributed by atoms with Gasteiger partial charge in [-0.1, -0.05) is 30.3 Å². The van der Waals surface area contributed by atoms with Crippen molar-refractivity contribution in [2.45, 2.75) is 51.9 Å². The predicted molar refractivity (Wildman–Crippen MR) is 94.9 cm³/mol. The molecule has 1 aromatic rings. The van der Waals surface area contributed by atoms with Crippen molar-refractivity contribution in [3.05, 3.63) is 35.9 Å². The van der Waals surface area contributed by atoms with Gasteiger partial charge in [-0.05, 0) is 33.3 Å². The maximum Gasteiger partial charge on any atom is 0.410 e. The molecule has 5 nitrogen and oxygen atoms in total. The minimum atomic E-state index is -0.487. The standard InChI is InChI=1S/C19H30N2O3/c1-15-11-21(18(22)24-19(2,3)4)17(14-23-5)13-20(15)12-16-9-7-6-8-10-16/h6-10,15,17H,11-14H2,1-5H3/t15-,17-/m0/s1. The van der Waals surface area contributed by atoms with E-state index in [4.69, 9.17) is 9.47 Å². The number of ether oxygens (including phenoxy) is 2. The number of hydrogen-bond acceptors (Lipinski definition) is 4. The van der Waals surface area contributed by atoms with Gasteiger partial charge in [-0.25, -0.2) is 4.79 Å². The number of carbonyl (C=O) groups is 1. The Hall–Kier alpha value is -1.59. The van der Waals surface area contributed by atoms with E-state index in [0.29, 0.717) is 13.2 Å². The van der Waals surface area contributed by atoms with Crippen molar-refractivity contribution < 1.29 is 14.3 Å². The third kappa shape index (κ3) is 5.21. The van der Waals surface area contributed by atoms with Crippen LogP contribution in [-0.4, -0.2) is 60.4 Å². The molecule has 0 bridgehead atoms. The van der Waals surface area contributed by atoms with E-state index in [1.807, 2.05) is 31.7 Å². The van der Waals surface area contributed by atoms with Gasteiger partial charge >= 0.3 is 6.09 Å². The highest BCUT2D eigenvalue weighted by Crippen LogP contribution is 2.21. The summed E-state index contributed by atoms with van der Waals surface area (Å²) in [6, 6.07) is 10.7. The maximum absolute atomic E-state index is 12.5. The first-order chi connectivity index (χ1) is 11.3. The van der Waals surface area contributed by atoms with E-state index in [9.17, 15) is 4.79 Å². The third-order valence-electron chi connectivity index (χ3n) is 4.19. The Morgan fingerprint density at radius 1 is 1.21 bits per heavy atom. The average Bonchev–Trinajstić information content (AvgIpc) is 2.50. The van der Waals surface area contributed by atoms with Crippen molar-refractivity contribution >= 4 is 6.09 Å². The molecule has 1 aliphatic rings. The van der Waals surface area contributed by atoms with Gasteiger partial charge in [0.1, 0.15) is 5.60 Å². The zero-order valence-corrected chi connectivity index (χ0v) is 15.5. The molecule has 2 atom stereocenters. The fourth-order valence-electron chi connectivity index (χ4n) is 3.02. The number of piperazine rings is 1. The highest BCUT2D eigenvalue weighted by molar-refractivity contribution is 5.69. The molecule has 0 N–H and O–H groups in total. The van der Waals surface area contributed by atoms with E-state index in [-0.39, 0.29) is 18.2 Å². The molecule has 1 fully saturated rings. The zero-order chi connectivity index (χ0) is 17.7. The molecular weight excluding hydrogens is 304 g/mol. The van der Waals surface area contributed by atoms with E-state index in [2.05, 4.69) is 36.1 Å². The number of hydrogen-bond donors (Lipinski definition) is 0. The Morgan fingerprint density at radius 2 is 1.88 bits per heavy atom. The summed E-state index contributed by atoms with van der Waals surface area (Å²) in [6.45, 7) is 10.7. The Bertz CT molecular complexity index is 527. The molecule has 5 heteroatoms. The monoisotopic (exact) mass is 334 g/mol. The highest BCUT2D eigenvalue weighted by atomic mass is 16.6. The van der Waals surface area contributed by atoms with Crippen LogP contribution in [0.4, 0.5) is 4.79 Å². The first-order valence-electron chi connectivity index (χ1n) is 8.56. The number of rotatable bonds is 4. The average molecular weight is 334 g/mol. The molecular formula is C19H30N2O3. The molecule has 134 valence electrons. The molecule has 24 heavy (non-hydrogen) atoms. The highest BCUT2D eigenvalue weighted by Gasteiger charge is 2.36. The molecule has 1 saturated heterocycles. The van der Waals surface area contributed by atoms with Gasteiger partial charge in [-0.15, -0.1) is 0 Å². The van der Waals surface area contributed by atoms with E-state index in [1.54, 1.807) is 7.11 Å². The van der Waals surface area contributed by atoms with Crippen molar-refractivity contribution in [2.75, 3.05) is 26.8 Å². The summed E-state index contributed by atoms with van der Waals surface area (Å²) < 4.78 is 10.9. The van der Waals surface area contributed by atoms with E-state index in [1.165, 1.54) is 5.56 Å². The van der Waals surface area contributed by atoms with Crippen LogP contribution in [0.3, 0.4) is 0 Å². The Kier molecular flexibility index (Phi) is 6.24.